The van der Waals surface area contributed by atoms with Gasteiger partial charge in [0.15, 0.2) is 5.76 Å². The van der Waals surface area contributed by atoms with Gasteiger partial charge in [0.25, 0.3) is 5.91 Å². The lowest BCUT2D eigenvalue weighted by Crippen LogP contribution is -2.51. The lowest BCUT2D eigenvalue weighted by atomic mass is 9.84. The number of alkyl halides is 1. The Morgan fingerprint density at radius 2 is 2.12 bits per heavy atom. The molecule has 2 heterocycles. The lowest BCUT2D eigenvalue weighted by molar-refractivity contribution is -0.0191. The van der Waals surface area contributed by atoms with Gasteiger partial charge in [-0.2, -0.15) is 0 Å². The first-order valence-electron chi connectivity index (χ1n) is 8.90. The van der Waals surface area contributed by atoms with Crippen molar-refractivity contribution in [3.63, 3.8) is 0 Å². The van der Waals surface area contributed by atoms with E-state index in [2.05, 4.69) is 33.8 Å². The van der Waals surface area contributed by atoms with Gasteiger partial charge in [0, 0.05) is 18.0 Å². The third kappa shape index (κ3) is 3.67. The molecule has 26 heavy (non-hydrogen) atoms. The van der Waals surface area contributed by atoms with Crippen LogP contribution >= 0.6 is 22.6 Å². The van der Waals surface area contributed by atoms with Gasteiger partial charge in [-0.3, -0.25) is 4.79 Å². The first-order valence-corrected chi connectivity index (χ1v) is 10.1. The van der Waals surface area contributed by atoms with Gasteiger partial charge in [0.05, 0.1) is 15.8 Å². The van der Waals surface area contributed by atoms with E-state index in [4.69, 9.17) is 4.52 Å². The van der Waals surface area contributed by atoms with E-state index in [1.165, 1.54) is 6.20 Å². The van der Waals surface area contributed by atoms with E-state index >= 15 is 0 Å². The van der Waals surface area contributed by atoms with Crippen molar-refractivity contribution in [2.24, 2.45) is 5.92 Å². The number of aryl methyl sites for hydroxylation is 2. The topological polar surface area (TPSA) is 66.6 Å². The molecule has 1 fully saturated rings. The number of amides is 1. The molecule has 2 atom stereocenters. The number of aliphatic hydroxyl groups is 1. The van der Waals surface area contributed by atoms with Crippen LogP contribution in [-0.4, -0.2) is 37.3 Å². The summed E-state index contributed by atoms with van der Waals surface area (Å²) >= 11 is 2.28. The molecule has 1 saturated heterocycles. The number of aromatic nitrogens is 1. The molecule has 5 nitrogen and oxygen atoms in total. The van der Waals surface area contributed by atoms with Crippen LogP contribution in [0.4, 0.5) is 0 Å². The summed E-state index contributed by atoms with van der Waals surface area (Å²) in [6.45, 7) is 8.35. The summed E-state index contributed by atoms with van der Waals surface area (Å²) in [7, 11) is 0. The molecule has 1 amide bonds. The highest BCUT2D eigenvalue weighted by molar-refractivity contribution is 14.1. The number of likely N-dealkylation sites (tertiary alicyclic amines) is 1. The summed E-state index contributed by atoms with van der Waals surface area (Å²) in [5.74, 6) is 0.460. The summed E-state index contributed by atoms with van der Waals surface area (Å²) < 4.78 is 5.39. The van der Waals surface area contributed by atoms with Gasteiger partial charge in [-0.25, -0.2) is 0 Å². The van der Waals surface area contributed by atoms with Crippen LogP contribution < -0.4 is 0 Å². The number of carbonyl (C=O) groups is 1. The van der Waals surface area contributed by atoms with Crippen LogP contribution in [0.5, 0.6) is 0 Å². The fraction of sp³-hybridized carbons (Fsp3) is 0.500. The van der Waals surface area contributed by atoms with Gasteiger partial charge in [0.1, 0.15) is 5.56 Å². The zero-order chi connectivity index (χ0) is 19.1. The van der Waals surface area contributed by atoms with Crippen LogP contribution in [0.3, 0.4) is 0 Å². The standard InChI is InChI=1S/C20H25IN2O3/c1-12-7-8-14(13(2)10-12)17-15(11-22-26-17)19(24)23-9-5-6-16(18(23)21)20(3,4)25/h7-8,10-11,16,18,25H,5-6,9H2,1-4H3/t16-,18?/m0/s1. The Labute approximate surface area is 167 Å². The van der Waals surface area contributed by atoms with Gasteiger partial charge < -0.3 is 14.5 Å². The van der Waals surface area contributed by atoms with Gasteiger partial charge in [-0.15, -0.1) is 0 Å². The largest absolute Gasteiger partial charge is 0.390 e. The Morgan fingerprint density at radius 1 is 1.38 bits per heavy atom. The first-order chi connectivity index (χ1) is 12.2. The predicted molar refractivity (Wildman–Crippen MR) is 109 cm³/mol. The molecule has 1 aromatic carbocycles. The minimum Gasteiger partial charge on any atom is -0.390 e. The summed E-state index contributed by atoms with van der Waals surface area (Å²) in [6.07, 6.45) is 3.30. The summed E-state index contributed by atoms with van der Waals surface area (Å²) in [4.78, 5) is 15.1. The van der Waals surface area contributed by atoms with Crippen molar-refractivity contribution in [1.29, 1.82) is 0 Å². The average molecular weight is 468 g/mol. The molecule has 1 aromatic heterocycles. The van der Waals surface area contributed by atoms with E-state index in [-0.39, 0.29) is 15.9 Å². The van der Waals surface area contributed by atoms with Crippen LogP contribution in [0.25, 0.3) is 11.3 Å². The third-order valence-corrected chi connectivity index (χ3v) is 6.68. The second-order valence-corrected chi connectivity index (χ2v) is 8.94. The maximum absolute atomic E-state index is 13.3. The maximum Gasteiger partial charge on any atom is 0.260 e. The van der Waals surface area contributed by atoms with Crippen molar-refractivity contribution in [2.45, 2.75) is 50.2 Å². The van der Waals surface area contributed by atoms with Crippen LogP contribution in [0.1, 0.15) is 48.2 Å². The van der Waals surface area contributed by atoms with E-state index in [1.807, 2.05) is 44.7 Å². The molecule has 0 bridgehead atoms. The van der Waals surface area contributed by atoms with Crippen LogP contribution in [0.15, 0.2) is 28.9 Å². The highest BCUT2D eigenvalue weighted by atomic mass is 127. The minimum absolute atomic E-state index is 0.0326. The Morgan fingerprint density at radius 3 is 2.77 bits per heavy atom. The van der Waals surface area contributed by atoms with Gasteiger partial charge >= 0.3 is 0 Å². The molecular weight excluding hydrogens is 443 g/mol. The van der Waals surface area contributed by atoms with E-state index in [0.717, 1.165) is 29.5 Å². The molecule has 1 aliphatic rings. The molecule has 0 radical (unpaired) electrons. The van der Waals surface area contributed by atoms with E-state index < -0.39 is 5.60 Å². The molecule has 2 aromatic rings. The highest BCUT2D eigenvalue weighted by Crippen LogP contribution is 2.37. The molecule has 3 rings (SSSR count). The van der Waals surface area contributed by atoms with E-state index in [1.54, 1.807) is 0 Å². The van der Waals surface area contributed by atoms with Crippen LogP contribution in [-0.2, 0) is 0 Å². The van der Waals surface area contributed by atoms with Gasteiger partial charge in [-0.1, -0.05) is 51.5 Å². The number of piperidine rings is 1. The second-order valence-electron chi connectivity index (χ2n) is 7.66. The number of rotatable bonds is 3. The third-order valence-electron chi connectivity index (χ3n) is 5.14. The van der Waals surface area contributed by atoms with Crippen LogP contribution in [0.2, 0.25) is 0 Å². The molecule has 0 saturated carbocycles. The SMILES string of the molecule is Cc1ccc(-c2oncc2C(=O)N2CCC[C@H](C(C)(C)O)C2I)c(C)c1. The number of benzene rings is 1. The van der Waals surface area contributed by atoms with Crippen LogP contribution in [0, 0.1) is 19.8 Å². The van der Waals surface area contributed by atoms with Crippen molar-refractivity contribution in [3.05, 3.63) is 41.1 Å². The van der Waals surface area contributed by atoms with Crippen molar-refractivity contribution < 1.29 is 14.4 Å². The number of nitrogens with zero attached hydrogens (tertiary/aromatic N) is 2. The Hall–Kier alpha value is -1.41. The summed E-state index contributed by atoms with van der Waals surface area (Å²) in [5.41, 5.74) is 2.76. The zero-order valence-electron chi connectivity index (χ0n) is 15.6. The van der Waals surface area contributed by atoms with Crippen molar-refractivity contribution in [1.82, 2.24) is 10.1 Å². The first kappa shape index (κ1) is 19.4. The monoisotopic (exact) mass is 468 g/mol. The summed E-state index contributed by atoms with van der Waals surface area (Å²) in [6, 6.07) is 6.04. The number of halogens is 1. The van der Waals surface area contributed by atoms with E-state index in [0.29, 0.717) is 17.9 Å². The maximum atomic E-state index is 13.3. The zero-order valence-corrected chi connectivity index (χ0v) is 17.8. The molecule has 1 aliphatic heterocycles. The van der Waals surface area contributed by atoms with Crippen molar-refractivity contribution >= 4 is 28.5 Å². The highest BCUT2D eigenvalue weighted by Gasteiger charge is 2.41. The van der Waals surface area contributed by atoms with Gasteiger partial charge in [0.2, 0.25) is 0 Å². The smallest absolute Gasteiger partial charge is 0.260 e. The molecule has 0 spiro atoms. The number of carbonyl (C=O) groups excluding carboxylic acids is 1. The molecule has 0 aliphatic carbocycles. The van der Waals surface area contributed by atoms with Gasteiger partial charge in [-0.05, 0) is 46.1 Å². The number of hydrogen-bond acceptors (Lipinski definition) is 4. The fourth-order valence-electron chi connectivity index (χ4n) is 3.67. The number of hydrogen-bond donors (Lipinski definition) is 1. The second kappa shape index (κ2) is 7.31. The van der Waals surface area contributed by atoms with Crippen molar-refractivity contribution in [3.8, 4) is 11.3 Å². The Balaban J connectivity index is 1.93. The normalized spacial score (nSPS) is 21.1. The fourth-order valence-corrected chi connectivity index (χ4v) is 5.44. The quantitative estimate of drug-likeness (QED) is 0.414. The molecule has 1 unspecified atom stereocenters. The minimum atomic E-state index is -0.824. The molecule has 1 N–H and O–H groups in total. The lowest BCUT2D eigenvalue weighted by Gasteiger charge is -2.43. The predicted octanol–water partition coefficient (Wildman–Crippen LogP) is 4.34. The Kier molecular flexibility index (Phi) is 5.44. The van der Waals surface area contributed by atoms with E-state index in [9.17, 15) is 9.90 Å². The summed E-state index contributed by atoms with van der Waals surface area (Å²) in [5, 5.41) is 14.4. The van der Waals surface area contributed by atoms with Crippen molar-refractivity contribution in [2.75, 3.05) is 6.54 Å². The molecule has 140 valence electrons. The average Bonchev–Trinajstić information content (AvgIpc) is 3.02. The molecule has 6 heteroatoms. The molecular formula is C20H25IN2O3. The Bertz CT molecular complexity index is 810.